The van der Waals surface area contributed by atoms with Gasteiger partial charge in [0.15, 0.2) is 0 Å². The first-order valence-electron chi connectivity index (χ1n) is 9.60. The maximum absolute atomic E-state index is 12.7. The van der Waals surface area contributed by atoms with Crippen LogP contribution in [0.4, 0.5) is 5.69 Å². The molecule has 0 bridgehead atoms. The van der Waals surface area contributed by atoms with E-state index in [0.717, 1.165) is 38.0 Å². The fraction of sp³-hybridized carbons (Fsp3) is 0.381. The van der Waals surface area contributed by atoms with E-state index in [4.69, 9.17) is 0 Å². The summed E-state index contributed by atoms with van der Waals surface area (Å²) in [6.07, 6.45) is 1.82. The Morgan fingerprint density at radius 3 is 2.50 bits per heavy atom. The van der Waals surface area contributed by atoms with Crippen LogP contribution in [0.1, 0.15) is 35.7 Å². The molecule has 0 atom stereocenters. The van der Waals surface area contributed by atoms with Crippen LogP contribution in [-0.4, -0.2) is 44.9 Å². The number of likely N-dealkylation sites (tertiary alicyclic amines) is 1. The summed E-state index contributed by atoms with van der Waals surface area (Å²) in [4.78, 5) is 15.0. The fourth-order valence-electron chi connectivity index (χ4n) is 3.39. The van der Waals surface area contributed by atoms with Crippen LogP contribution in [-0.2, 0) is 10.0 Å². The number of hydrogen-bond donors (Lipinski definition) is 2. The van der Waals surface area contributed by atoms with Crippen LogP contribution < -0.4 is 10.0 Å². The third kappa shape index (κ3) is 5.11. The molecular formula is C21H27N3O3S. The minimum atomic E-state index is -3.77. The topological polar surface area (TPSA) is 78.5 Å². The van der Waals surface area contributed by atoms with Crippen LogP contribution in [0, 0.1) is 6.92 Å². The van der Waals surface area contributed by atoms with Crippen LogP contribution in [0.25, 0.3) is 0 Å². The average molecular weight is 402 g/mol. The number of carbonyl (C=O) groups excluding carboxylic acids is 1. The normalized spacial score (nSPS) is 15.9. The Kier molecular flexibility index (Phi) is 6.36. The maximum Gasteiger partial charge on any atom is 0.261 e. The molecular weight excluding hydrogens is 374 g/mol. The summed E-state index contributed by atoms with van der Waals surface area (Å²) in [5, 5.41) is 3.03. The summed E-state index contributed by atoms with van der Waals surface area (Å²) in [6, 6.07) is 13.4. The number of nitrogens with zero attached hydrogens (tertiary/aromatic N) is 1. The first-order valence-corrected chi connectivity index (χ1v) is 11.1. The molecule has 6 nitrogen and oxygen atoms in total. The summed E-state index contributed by atoms with van der Waals surface area (Å²) in [5.41, 5.74) is 1.81. The molecule has 1 heterocycles. The number of benzene rings is 2. The largest absolute Gasteiger partial charge is 0.349 e. The van der Waals surface area contributed by atoms with Crippen LogP contribution in [0.15, 0.2) is 53.4 Å². The number of anilines is 1. The lowest BCUT2D eigenvalue weighted by molar-refractivity contribution is 0.0912. The zero-order chi connectivity index (χ0) is 20.1. The average Bonchev–Trinajstić information content (AvgIpc) is 2.68. The SMILES string of the molecule is CCN1CCC(NC(=O)c2cccc(S(=O)(=O)Nc3cccc(C)c3)c2)CC1. The molecule has 0 saturated carbocycles. The van der Waals surface area contributed by atoms with E-state index < -0.39 is 10.0 Å². The molecule has 0 spiro atoms. The zero-order valence-electron chi connectivity index (χ0n) is 16.3. The molecule has 0 aliphatic carbocycles. The van der Waals surface area contributed by atoms with Gasteiger partial charge in [0.1, 0.15) is 0 Å². The molecule has 1 aliphatic heterocycles. The highest BCUT2D eigenvalue weighted by Gasteiger charge is 2.21. The van der Waals surface area contributed by atoms with E-state index in [9.17, 15) is 13.2 Å². The highest BCUT2D eigenvalue weighted by molar-refractivity contribution is 7.92. The van der Waals surface area contributed by atoms with Crippen molar-refractivity contribution in [3.8, 4) is 0 Å². The highest BCUT2D eigenvalue weighted by atomic mass is 32.2. The van der Waals surface area contributed by atoms with Crippen molar-refractivity contribution in [2.75, 3.05) is 24.4 Å². The van der Waals surface area contributed by atoms with Gasteiger partial charge < -0.3 is 10.2 Å². The third-order valence-electron chi connectivity index (χ3n) is 5.05. The van der Waals surface area contributed by atoms with Crippen LogP contribution >= 0.6 is 0 Å². The summed E-state index contributed by atoms with van der Waals surface area (Å²) in [5.74, 6) is -0.234. The third-order valence-corrected chi connectivity index (χ3v) is 6.43. The first-order chi connectivity index (χ1) is 13.4. The van der Waals surface area contributed by atoms with E-state index in [-0.39, 0.29) is 16.8 Å². The van der Waals surface area contributed by atoms with Gasteiger partial charge in [-0.3, -0.25) is 9.52 Å². The van der Waals surface area contributed by atoms with E-state index in [2.05, 4.69) is 21.9 Å². The Bertz CT molecular complexity index is 935. The second kappa shape index (κ2) is 8.75. The van der Waals surface area contributed by atoms with Crippen molar-refractivity contribution >= 4 is 21.6 Å². The van der Waals surface area contributed by atoms with Gasteiger partial charge in [0.25, 0.3) is 15.9 Å². The molecule has 150 valence electrons. The van der Waals surface area contributed by atoms with Crippen molar-refractivity contribution in [1.29, 1.82) is 0 Å². The van der Waals surface area contributed by atoms with Crippen LogP contribution in [0.2, 0.25) is 0 Å². The van der Waals surface area contributed by atoms with E-state index in [1.807, 2.05) is 13.0 Å². The monoisotopic (exact) mass is 401 g/mol. The van der Waals surface area contributed by atoms with Crippen molar-refractivity contribution < 1.29 is 13.2 Å². The minimum Gasteiger partial charge on any atom is -0.349 e. The number of amides is 1. The Morgan fingerprint density at radius 1 is 1.11 bits per heavy atom. The molecule has 1 amide bonds. The van der Waals surface area contributed by atoms with Gasteiger partial charge in [-0.2, -0.15) is 0 Å². The number of piperidine rings is 1. The standard InChI is InChI=1S/C21H27N3O3S/c1-3-24-12-10-18(11-13-24)22-21(25)17-7-5-9-20(15-17)28(26,27)23-19-8-4-6-16(2)14-19/h4-9,14-15,18,23H,3,10-13H2,1-2H3,(H,22,25). The second-order valence-corrected chi connectivity index (χ2v) is 8.87. The van der Waals surface area contributed by atoms with Gasteiger partial charge in [0.2, 0.25) is 0 Å². The molecule has 0 radical (unpaired) electrons. The van der Waals surface area contributed by atoms with Crippen LogP contribution in [0.3, 0.4) is 0 Å². The number of nitrogens with one attached hydrogen (secondary N) is 2. The molecule has 1 saturated heterocycles. The zero-order valence-corrected chi connectivity index (χ0v) is 17.1. The molecule has 2 aromatic carbocycles. The molecule has 2 aromatic rings. The molecule has 2 N–H and O–H groups in total. The molecule has 1 fully saturated rings. The van der Waals surface area contributed by atoms with E-state index in [1.54, 1.807) is 30.3 Å². The predicted octanol–water partition coefficient (Wildman–Crippen LogP) is 3.01. The number of sulfonamides is 1. The minimum absolute atomic E-state index is 0.0717. The van der Waals surface area contributed by atoms with Crippen LogP contribution in [0.5, 0.6) is 0 Å². The Balaban J connectivity index is 1.70. The fourth-order valence-corrected chi connectivity index (χ4v) is 4.48. The predicted molar refractivity (Wildman–Crippen MR) is 111 cm³/mol. The number of rotatable bonds is 6. The van der Waals surface area contributed by atoms with Crippen molar-refractivity contribution in [3.63, 3.8) is 0 Å². The van der Waals surface area contributed by atoms with Gasteiger partial charge >= 0.3 is 0 Å². The lowest BCUT2D eigenvalue weighted by atomic mass is 10.0. The second-order valence-electron chi connectivity index (χ2n) is 7.18. The molecule has 7 heteroatoms. The van der Waals surface area contributed by atoms with Gasteiger partial charge in [-0.15, -0.1) is 0 Å². The van der Waals surface area contributed by atoms with Gasteiger partial charge in [0, 0.05) is 30.4 Å². The lowest BCUT2D eigenvalue weighted by Gasteiger charge is -2.31. The molecule has 28 heavy (non-hydrogen) atoms. The number of hydrogen-bond acceptors (Lipinski definition) is 4. The number of aryl methyl sites for hydroxylation is 1. The maximum atomic E-state index is 12.7. The Labute approximate surface area is 167 Å². The van der Waals surface area contributed by atoms with Gasteiger partial charge in [-0.1, -0.05) is 25.1 Å². The van der Waals surface area contributed by atoms with Crippen molar-refractivity contribution in [3.05, 3.63) is 59.7 Å². The number of carbonyl (C=O) groups is 1. The Morgan fingerprint density at radius 2 is 1.82 bits per heavy atom. The van der Waals surface area contributed by atoms with Crippen molar-refractivity contribution in [1.82, 2.24) is 10.2 Å². The first kappa shape index (κ1) is 20.4. The summed E-state index contributed by atoms with van der Waals surface area (Å²) in [6.45, 7) is 6.99. The van der Waals surface area contributed by atoms with Gasteiger partial charge in [0.05, 0.1) is 4.90 Å². The molecule has 0 aromatic heterocycles. The van der Waals surface area contributed by atoms with Crippen molar-refractivity contribution in [2.24, 2.45) is 0 Å². The quantitative estimate of drug-likeness (QED) is 0.780. The molecule has 0 unspecified atom stereocenters. The lowest BCUT2D eigenvalue weighted by Crippen LogP contribution is -2.44. The summed E-state index contributed by atoms with van der Waals surface area (Å²) >= 11 is 0. The van der Waals surface area contributed by atoms with Gasteiger partial charge in [-0.05, 0) is 62.2 Å². The van der Waals surface area contributed by atoms with Crippen molar-refractivity contribution in [2.45, 2.75) is 37.6 Å². The molecule has 1 aliphatic rings. The highest BCUT2D eigenvalue weighted by Crippen LogP contribution is 2.18. The summed E-state index contributed by atoms with van der Waals surface area (Å²) < 4.78 is 28.0. The smallest absolute Gasteiger partial charge is 0.261 e. The van der Waals surface area contributed by atoms with Gasteiger partial charge in [-0.25, -0.2) is 8.42 Å². The van der Waals surface area contributed by atoms with E-state index in [1.165, 1.54) is 12.1 Å². The molecule has 3 rings (SSSR count). The summed E-state index contributed by atoms with van der Waals surface area (Å²) in [7, 11) is -3.77. The Hall–Kier alpha value is -2.38. The van der Waals surface area contributed by atoms with E-state index in [0.29, 0.717) is 11.3 Å². The van der Waals surface area contributed by atoms with E-state index >= 15 is 0 Å².